The van der Waals surface area contributed by atoms with Crippen LogP contribution in [-0.2, 0) is 14.3 Å². The van der Waals surface area contributed by atoms with Crippen LogP contribution in [0.5, 0.6) is 0 Å². The molecule has 0 saturated carbocycles. The van der Waals surface area contributed by atoms with Crippen LogP contribution in [0.3, 0.4) is 0 Å². The maximum absolute atomic E-state index is 12.5. The van der Waals surface area contributed by atoms with Crippen LogP contribution in [0.2, 0.25) is 0 Å². The third-order valence-corrected chi connectivity index (χ3v) is 4.51. The molecule has 0 aromatic heterocycles. The first-order valence-electron chi connectivity index (χ1n) is 6.89. The van der Waals surface area contributed by atoms with Crippen LogP contribution in [0.1, 0.15) is 32.6 Å². The van der Waals surface area contributed by atoms with Crippen molar-refractivity contribution in [1.29, 1.82) is 0 Å². The summed E-state index contributed by atoms with van der Waals surface area (Å²) in [7, 11) is 0. The highest BCUT2D eigenvalue weighted by Crippen LogP contribution is 2.31. The van der Waals surface area contributed by atoms with Crippen molar-refractivity contribution in [2.24, 2.45) is 5.41 Å². The molecule has 3 N–H and O–H groups in total. The zero-order chi connectivity index (χ0) is 13.9. The number of hydrogen-bond donors (Lipinski definition) is 3. The fraction of sp³-hybridized carbons (Fsp3) is 0.846. The average molecular weight is 270 g/mol. The van der Waals surface area contributed by atoms with Crippen LogP contribution >= 0.6 is 0 Å². The summed E-state index contributed by atoms with van der Waals surface area (Å²) in [4.78, 5) is 24.1. The maximum Gasteiger partial charge on any atom is 0.329 e. The van der Waals surface area contributed by atoms with Gasteiger partial charge < -0.3 is 20.5 Å². The van der Waals surface area contributed by atoms with E-state index in [0.717, 1.165) is 19.4 Å². The molecule has 2 aliphatic rings. The fourth-order valence-electron chi connectivity index (χ4n) is 2.86. The zero-order valence-electron chi connectivity index (χ0n) is 11.3. The van der Waals surface area contributed by atoms with E-state index in [0.29, 0.717) is 32.6 Å². The van der Waals surface area contributed by atoms with Crippen LogP contribution < -0.4 is 10.6 Å². The molecule has 0 aromatic rings. The normalized spacial score (nSPS) is 29.9. The van der Waals surface area contributed by atoms with E-state index in [4.69, 9.17) is 4.74 Å². The molecule has 1 unspecified atom stereocenters. The first kappa shape index (κ1) is 14.3. The minimum Gasteiger partial charge on any atom is -0.480 e. The van der Waals surface area contributed by atoms with Gasteiger partial charge in [0.15, 0.2) is 0 Å². The van der Waals surface area contributed by atoms with E-state index in [2.05, 4.69) is 10.6 Å². The molecule has 0 spiro atoms. The number of hydrogen-bond acceptors (Lipinski definition) is 4. The number of carbonyl (C=O) groups is 2. The number of aliphatic carboxylic acids is 1. The largest absolute Gasteiger partial charge is 0.480 e. The Bertz CT molecular complexity index is 358. The van der Waals surface area contributed by atoms with Gasteiger partial charge in [-0.2, -0.15) is 0 Å². The smallest absolute Gasteiger partial charge is 0.329 e. The van der Waals surface area contributed by atoms with Gasteiger partial charge in [-0.25, -0.2) is 4.79 Å². The molecule has 2 rings (SSSR count). The highest BCUT2D eigenvalue weighted by atomic mass is 16.5. The van der Waals surface area contributed by atoms with E-state index in [1.165, 1.54) is 0 Å². The van der Waals surface area contributed by atoms with Crippen molar-refractivity contribution >= 4 is 11.9 Å². The van der Waals surface area contributed by atoms with E-state index in [-0.39, 0.29) is 5.91 Å². The van der Waals surface area contributed by atoms with Crippen LogP contribution in [0.25, 0.3) is 0 Å². The number of rotatable bonds is 4. The second kappa shape index (κ2) is 5.46. The molecular weight excluding hydrogens is 248 g/mol. The zero-order valence-corrected chi connectivity index (χ0v) is 11.3. The number of ether oxygens (including phenoxy) is 1. The van der Waals surface area contributed by atoms with E-state index >= 15 is 0 Å². The molecule has 2 saturated heterocycles. The molecule has 0 radical (unpaired) electrons. The molecule has 1 atom stereocenters. The predicted molar refractivity (Wildman–Crippen MR) is 68.8 cm³/mol. The monoisotopic (exact) mass is 270 g/mol. The van der Waals surface area contributed by atoms with E-state index in [1.807, 2.05) is 6.92 Å². The second-order valence-electron chi connectivity index (χ2n) is 5.51. The summed E-state index contributed by atoms with van der Waals surface area (Å²) >= 11 is 0. The lowest BCUT2D eigenvalue weighted by Gasteiger charge is -2.37. The van der Waals surface area contributed by atoms with Gasteiger partial charge >= 0.3 is 5.97 Å². The quantitative estimate of drug-likeness (QED) is 0.675. The van der Waals surface area contributed by atoms with Gasteiger partial charge in [-0.1, -0.05) is 6.92 Å². The molecule has 0 aliphatic carbocycles. The molecular formula is C13H22N2O4. The number of nitrogens with one attached hydrogen (secondary N) is 2. The summed E-state index contributed by atoms with van der Waals surface area (Å²) in [5.41, 5.74) is -1.61. The molecule has 1 amide bonds. The van der Waals surface area contributed by atoms with Crippen molar-refractivity contribution in [3.8, 4) is 0 Å². The van der Waals surface area contributed by atoms with Crippen molar-refractivity contribution in [1.82, 2.24) is 10.6 Å². The molecule has 2 aliphatic heterocycles. The van der Waals surface area contributed by atoms with E-state index < -0.39 is 16.9 Å². The van der Waals surface area contributed by atoms with Crippen molar-refractivity contribution in [3.63, 3.8) is 0 Å². The SMILES string of the molecule is CCC1(C(=O)NC2(C(=O)O)CCOCC2)CCNC1. The summed E-state index contributed by atoms with van der Waals surface area (Å²) in [6.07, 6.45) is 2.15. The Labute approximate surface area is 112 Å². The first-order chi connectivity index (χ1) is 9.05. The van der Waals surface area contributed by atoms with E-state index in [9.17, 15) is 14.7 Å². The molecule has 0 aromatic carbocycles. The molecule has 19 heavy (non-hydrogen) atoms. The number of amides is 1. The highest BCUT2D eigenvalue weighted by molar-refractivity contribution is 5.90. The summed E-state index contributed by atoms with van der Waals surface area (Å²) < 4.78 is 5.21. The first-order valence-corrected chi connectivity index (χ1v) is 6.89. The Morgan fingerprint density at radius 2 is 2.00 bits per heavy atom. The summed E-state index contributed by atoms with van der Waals surface area (Å²) in [5.74, 6) is -1.09. The average Bonchev–Trinajstić information content (AvgIpc) is 2.89. The van der Waals surface area contributed by atoms with Gasteiger partial charge in [-0.3, -0.25) is 4.79 Å². The Morgan fingerprint density at radius 1 is 1.32 bits per heavy atom. The Hall–Kier alpha value is -1.14. The standard InChI is InChI=1S/C13H22N2O4/c1-2-12(3-6-14-9-12)10(16)15-13(11(17)18)4-7-19-8-5-13/h14H,2-9H2,1H3,(H,15,16)(H,17,18). The summed E-state index contributed by atoms with van der Waals surface area (Å²) in [5, 5.41) is 15.4. The summed E-state index contributed by atoms with van der Waals surface area (Å²) in [6, 6.07) is 0. The van der Waals surface area contributed by atoms with Gasteiger partial charge in [0.2, 0.25) is 5.91 Å². The molecule has 2 fully saturated rings. The van der Waals surface area contributed by atoms with E-state index in [1.54, 1.807) is 0 Å². The Balaban J connectivity index is 2.12. The lowest BCUT2D eigenvalue weighted by Crippen LogP contribution is -2.60. The minimum atomic E-state index is -1.15. The minimum absolute atomic E-state index is 0.135. The number of carboxylic acid groups (broad SMARTS) is 1. The third-order valence-electron chi connectivity index (χ3n) is 4.51. The van der Waals surface area contributed by atoms with Crippen LogP contribution in [0.4, 0.5) is 0 Å². The molecule has 6 nitrogen and oxygen atoms in total. The van der Waals surface area contributed by atoms with Gasteiger partial charge in [0.05, 0.1) is 5.41 Å². The van der Waals surface area contributed by atoms with Gasteiger partial charge in [0.1, 0.15) is 5.54 Å². The van der Waals surface area contributed by atoms with Gasteiger partial charge in [-0.05, 0) is 19.4 Å². The third kappa shape index (κ3) is 2.60. The van der Waals surface area contributed by atoms with Crippen molar-refractivity contribution < 1.29 is 19.4 Å². The van der Waals surface area contributed by atoms with Crippen molar-refractivity contribution in [2.75, 3.05) is 26.3 Å². The molecule has 6 heteroatoms. The Morgan fingerprint density at radius 3 is 2.47 bits per heavy atom. The molecule has 0 bridgehead atoms. The lowest BCUT2D eigenvalue weighted by molar-refractivity contribution is -0.154. The maximum atomic E-state index is 12.5. The topological polar surface area (TPSA) is 87.7 Å². The van der Waals surface area contributed by atoms with Crippen LogP contribution in [-0.4, -0.2) is 48.8 Å². The second-order valence-corrected chi connectivity index (χ2v) is 5.51. The van der Waals surface area contributed by atoms with Crippen LogP contribution in [0.15, 0.2) is 0 Å². The van der Waals surface area contributed by atoms with Crippen molar-refractivity contribution in [2.45, 2.75) is 38.1 Å². The summed E-state index contributed by atoms with van der Waals surface area (Å²) in [6.45, 7) is 4.17. The highest BCUT2D eigenvalue weighted by Gasteiger charge is 2.47. The predicted octanol–water partition coefficient (Wildman–Crippen LogP) is 0.126. The van der Waals surface area contributed by atoms with Gasteiger partial charge in [0, 0.05) is 32.6 Å². The molecule has 108 valence electrons. The van der Waals surface area contributed by atoms with Gasteiger partial charge in [-0.15, -0.1) is 0 Å². The number of carbonyl (C=O) groups excluding carboxylic acids is 1. The Kier molecular flexibility index (Phi) is 4.10. The van der Waals surface area contributed by atoms with Crippen LogP contribution in [0, 0.1) is 5.41 Å². The lowest BCUT2D eigenvalue weighted by atomic mass is 9.81. The van der Waals surface area contributed by atoms with Gasteiger partial charge in [0.25, 0.3) is 0 Å². The molecule has 2 heterocycles. The fourth-order valence-corrected chi connectivity index (χ4v) is 2.86. The number of carboxylic acids is 1. The van der Waals surface area contributed by atoms with Crippen molar-refractivity contribution in [3.05, 3.63) is 0 Å².